The minimum atomic E-state index is 0.269. The molecule has 2 aliphatic rings. The lowest BCUT2D eigenvalue weighted by Crippen LogP contribution is -2.28. The van der Waals surface area contributed by atoms with Gasteiger partial charge in [0.05, 0.1) is 11.6 Å². The van der Waals surface area contributed by atoms with Crippen LogP contribution in [0.15, 0.2) is 6.20 Å². The van der Waals surface area contributed by atoms with Gasteiger partial charge in [-0.25, -0.2) is 4.98 Å². The molecule has 1 N–H and O–H groups in total. The Morgan fingerprint density at radius 2 is 2.19 bits per heavy atom. The van der Waals surface area contributed by atoms with Gasteiger partial charge in [0.25, 0.3) is 0 Å². The quantitative estimate of drug-likeness (QED) is 0.823. The number of aliphatic hydroxyl groups is 1. The van der Waals surface area contributed by atoms with Gasteiger partial charge in [0.2, 0.25) is 0 Å². The van der Waals surface area contributed by atoms with E-state index >= 15 is 0 Å². The van der Waals surface area contributed by atoms with Gasteiger partial charge in [0.1, 0.15) is 0 Å². The highest BCUT2D eigenvalue weighted by molar-refractivity contribution is 7.11. The van der Waals surface area contributed by atoms with E-state index in [9.17, 15) is 0 Å². The van der Waals surface area contributed by atoms with Crippen LogP contribution in [0.1, 0.15) is 41.5 Å². The first-order valence-corrected chi connectivity index (χ1v) is 6.98. The maximum atomic E-state index is 9.04. The Morgan fingerprint density at radius 1 is 1.38 bits per heavy atom. The third-order valence-corrected chi connectivity index (χ3v) is 4.45. The van der Waals surface area contributed by atoms with Crippen LogP contribution < -0.4 is 0 Å². The van der Waals surface area contributed by atoms with Gasteiger partial charge in [0, 0.05) is 36.1 Å². The minimum absolute atomic E-state index is 0.269. The predicted molar refractivity (Wildman–Crippen MR) is 64.6 cm³/mol. The molecule has 0 aliphatic heterocycles. The van der Waals surface area contributed by atoms with Crippen LogP contribution in [0, 0.1) is 0 Å². The van der Waals surface area contributed by atoms with Gasteiger partial charge in [-0.05, 0) is 25.7 Å². The number of rotatable bonds is 6. The minimum Gasteiger partial charge on any atom is -0.395 e. The van der Waals surface area contributed by atoms with Gasteiger partial charge in [-0.15, -0.1) is 11.3 Å². The Morgan fingerprint density at radius 3 is 2.81 bits per heavy atom. The predicted octanol–water partition coefficient (Wildman–Crippen LogP) is 1.98. The summed E-state index contributed by atoms with van der Waals surface area (Å²) in [6.07, 6.45) is 7.29. The topological polar surface area (TPSA) is 36.4 Å². The van der Waals surface area contributed by atoms with Crippen LogP contribution >= 0.6 is 11.3 Å². The first-order chi connectivity index (χ1) is 7.86. The molecule has 3 nitrogen and oxygen atoms in total. The van der Waals surface area contributed by atoms with Crippen molar-refractivity contribution in [3.63, 3.8) is 0 Å². The second kappa shape index (κ2) is 4.43. The van der Waals surface area contributed by atoms with E-state index in [1.165, 1.54) is 35.6 Å². The Bertz CT molecular complexity index is 358. The standard InChI is InChI=1S/C12H18N2OS/c15-6-5-14(10-3-4-10)8-11-7-13-12(16-11)9-1-2-9/h7,9-10,15H,1-6,8H2. The van der Waals surface area contributed by atoms with E-state index in [-0.39, 0.29) is 6.61 Å². The van der Waals surface area contributed by atoms with Gasteiger partial charge in [-0.3, -0.25) is 4.90 Å². The summed E-state index contributed by atoms with van der Waals surface area (Å²) in [6.45, 7) is 2.06. The maximum Gasteiger partial charge on any atom is 0.0959 e. The third kappa shape index (κ3) is 2.44. The van der Waals surface area contributed by atoms with Crippen LogP contribution in [0.4, 0.5) is 0 Å². The van der Waals surface area contributed by atoms with Crippen LogP contribution in [0.5, 0.6) is 0 Å². The molecule has 0 atom stereocenters. The molecule has 2 aliphatic carbocycles. The number of hydrogen-bond donors (Lipinski definition) is 1. The fraction of sp³-hybridized carbons (Fsp3) is 0.750. The molecule has 16 heavy (non-hydrogen) atoms. The van der Waals surface area contributed by atoms with Crippen molar-refractivity contribution < 1.29 is 5.11 Å². The van der Waals surface area contributed by atoms with Crippen LogP contribution in [0.2, 0.25) is 0 Å². The number of thiazole rings is 1. The zero-order valence-electron chi connectivity index (χ0n) is 9.43. The highest BCUT2D eigenvalue weighted by Crippen LogP contribution is 2.42. The molecule has 0 unspecified atom stereocenters. The monoisotopic (exact) mass is 238 g/mol. The molecule has 88 valence electrons. The normalized spacial score (nSPS) is 20.6. The second-order valence-corrected chi connectivity index (χ2v) is 6.01. The van der Waals surface area contributed by atoms with Crippen LogP contribution in [0.3, 0.4) is 0 Å². The molecule has 0 aromatic carbocycles. The molecule has 2 saturated carbocycles. The van der Waals surface area contributed by atoms with Crippen LogP contribution in [-0.4, -0.2) is 34.2 Å². The molecule has 1 aromatic rings. The van der Waals surface area contributed by atoms with Crippen molar-refractivity contribution in [1.29, 1.82) is 0 Å². The molecule has 0 amide bonds. The van der Waals surface area contributed by atoms with E-state index in [1.807, 2.05) is 17.5 Å². The van der Waals surface area contributed by atoms with Crippen molar-refractivity contribution in [3.8, 4) is 0 Å². The van der Waals surface area contributed by atoms with E-state index < -0.39 is 0 Å². The van der Waals surface area contributed by atoms with Crippen LogP contribution in [0.25, 0.3) is 0 Å². The van der Waals surface area contributed by atoms with E-state index in [2.05, 4.69) is 9.88 Å². The van der Waals surface area contributed by atoms with Gasteiger partial charge >= 0.3 is 0 Å². The van der Waals surface area contributed by atoms with Gasteiger partial charge in [-0.1, -0.05) is 0 Å². The van der Waals surface area contributed by atoms with Crippen molar-refractivity contribution in [2.45, 2.75) is 44.2 Å². The fourth-order valence-corrected chi connectivity index (χ4v) is 3.19. The lowest BCUT2D eigenvalue weighted by molar-refractivity contribution is 0.184. The Hall–Kier alpha value is -0.450. The van der Waals surface area contributed by atoms with Gasteiger partial charge in [0.15, 0.2) is 0 Å². The molecule has 4 heteroatoms. The number of nitrogens with zero attached hydrogens (tertiary/aromatic N) is 2. The van der Waals surface area contributed by atoms with Gasteiger partial charge in [-0.2, -0.15) is 0 Å². The molecule has 0 spiro atoms. The zero-order valence-corrected chi connectivity index (χ0v) is 10.2. The largest absolute Gasteiger partial charge is 0.395 e. The summed E-state index contributed by atoms with van der Waals surface area (Å²) in [5.41, 5.74) is 0. The Balaban J connectivity index is 1.61. The summed E-state index contributed by atoms with van der Waals surface area (Å²) in [5, 5.41) is 10.4. The van der Waals surface area contributed by atoms with E-state index in [0.717, 1.165) is 25.0 Å². The van der Waals surface area contributed by atoms with E-state index in [0.29, 0.717) is 0 Å². The second-order valence-electron chi connectivity index (χ2n) is 4.86. The molecular weight excluding hydrogens is 220 g/mol. The Kier molecular flexibility index (Phi) is 2.96. The molecule has 2 fully saturated rings. The molecule has 3 rings (SSSR count). The first kappa shape index (κ1) is 10.7. The first-order valence-electron chi connectivity index (χ1n) is 6.16. The summed E-state index contributed by atoms with van der Waals surface area (Å²) < 4.78 is 0. The maximum absolute atomic E-state index is 9.04. The molecular formula is C12H18N2OS. The van der Waals surface area contributed by atoms with Crippen LogP contribution in [-0.2, 0) is 6.54 Å². The van der Waals surface area contributed by atoms with E-state index in [4.69, 9.17) is 5.11 Å². The average molecular weight is 238 g/mol. The Labute approximate surface area is 100 Å². The number of aliphatic hydroxyl groups excluding tert-OH is 1. The van der Waals surface area contributed by atoms with Crippen molar-refractivity contribution >= 4 is 11.3 Å². The van der Waals surface area contributed by atoms with Gasteiger partial charge < -0.3 is 5.11 Å². The SMILES string of the molecule is OCCN(Cc1cnc(C2CC2)s1)C1CC1. The molecule has 0 bridgehead atoms. The van der Waals surface area contributed by atoms with Crippen molar-refractivity contribution in [2.75, 3.05) is 13.2 Å². The summed E-state index contributed by atoms with van der Waals surface area (Å²) in [6, 6.07) is 0.721. The molecule has 1 aromatic heterocycles. The molecule has 0 saturated heterocycles. The highest BCUT2D eigenvalue weighted by atomic mass is 32.1. The summed E-state index contributed by atoms with van der Waals surface area (Å²) >= 11 is 1.87. The highest BCUT2D eigenvalue weighted by Gasteiger charge is 2.30. The summed E-state index contributed by atoms with van der Waals surface area (Å²) in [5.74, 6) is 0.769. The summed E-state index contributed by atoms with van der Waals surface area (Å²) in [4.78, 5) is 8.26. The van der Waals surface area contributed by atoms with E-state index in [1.54, 1.807) is 0 Å². The van der Waals surface area contributed by atoms with Crippen molar-refractivity contribution in [1.82, 2.24) is 9.88 Å². The molecule has 0 radical (unpaired) electrons. The number of hydrogen-bond acceptors (Lipinski definition) is 4. The lowest BCUT2D eigenvalue weighted by Gasteiger charge is -2.19. The van der Waals surface area contributed by atoms with Crippen molar-refractivity contribution in [3.05, 3.63) is 16.1 Å². The number of aromatic nitrogens is 1. The lowest BCUT2D eigenvalue weighted by atomic mass is 10.4. The summed E-state index contributed by atoms with van der Waals surface area (Å²) in [7, 11) is 0. The third-order valence-electron chi connectivity index (χ3n) is 3.31. The van der Waals surface area contributed by atoms with Crippen molar-refractivity contribution in [2.24, 2.45) is 0 Å². The smallest absolute Gasteiger partial charge is 0.0959 e. The fourth-order valence-electron chi connectivity index (χ4n) is 2.07. The molecule has 1 heterocycles. The zero-order chi connectivity index (χ0) is 11.0. The average Bonchev–Trinajstić information content (AvgIpc) is 3.18.